The highest BCUT2D eigenvalue weighted by atomic mass is 16.5. The summed E-state index contributed by atoms with van der Waals surface area (Å²) in [5.74, 6) is 0.564. The monoisotopic (exact) mass is 500 g/mol. The van der Waals surface area contributed by atoms with Crippen LogP contribution >= 0.6 is 0 Å². The van der Waals surface area contributed by atoms with E-state index in [-0.39, 0.29) is 17.9 Å². The van der Waals surface area contributed by atoms with Crippen molar-refractivity contribution in [2.75, 3.05) is 25.6 Å². The Morgan fingerprint density at radius 2 is 1.70 bits per heavy atom. The van der Waals surface area contributed by atoms with E-state index >= 15 is 0 Å². The number of para-hydroxylation sites is 4. The fourth-order valence-corrected chi connectivity index (χ4v) is 4.49. The minimum Gasteiger partial charge on any atom is -0.492 e. The standard InChI is InChI=1S/C29H32N4O4/c1-5-37-26-18-12-10-16-23(26)31-29(35)33(25(19-36-4)21-13-7-6-8-14-21)20(2)27-28(34)32(3)24-17-11-9-15-22(24)30-27/h6-18,20,25H,5,19H2,1-4H3,(H,31,35). The van der Waals surface area contributed by atoms with Crippen molar-refractivity contribution in [2.45, 2.75) is 25.9 Å². The number of methoxy groups -OCH3 is 1. The van der Waals surface area contributed by atoms with Crippen LogP contribution in [0.15, 0.2) is 83.7 Å². The van der Waals surface area contributed by atoms with E-state index in [1.54, 1.807) is 35.8 Å². The van der Waals surface area contributed by atoms with E-state index in [0.29, 0.717) is 23.6 Å². The fourth-order valence-electron chi connectivity index (χ4n) is 4.49. The second kappa shape index (κ2) is 11.7. The lowest BCUT2D eigenvalue weighted by molar-refractivity contribution is 0.0885. The van der Waals surface area contributed by atoms with Crippen LogP contribution in [0.1, 0.15) is 37.2 Å². The summed E-state index contributed by atoms with van der Waals surface area (Å²) >= 11 is 0. The summed E-state index contributed by atoms with van der Waals surface area (Å²) in [6, 6.07) is 22.8. The summed E-state index contributed by atoms with van der Waals surface area (Å²) in [6.45, 7) is 4.39. The van der Waals surface area contributed by atoms with Gasteiger partial charge in [0, 0.05) is 14.2 Å². The van der Waals surface area contributed by atoms with E-state index in [1.807, 2.05) is 80.6 Å². The summed E-state index contributed by atoms with van der Waals surface area (Å²) in [5, 5.41) is 3.00. The predicted octanol–water partition coefficient (Wildman–Crippen LogP) is 5.32. The van der Waals surface area contributed by atoms with Crippen molar-refractivity contribution in [2.24, 2.45) is 7.05 Å². The van der Waals surface area contributed by atoms with Crippen LogP contribution in [-0.2, 0) is 11.8 Å². The number of ether oxygens (including phenoxy) is 2. The number of benzene rings is 3. The highest BCUT2D eigenvalue weighted by Crippen LogP contribution is 2.32. The van der Waals surface area contributed by atoms with Gasteiger partial charge in [0.15, 0.2) is 0 Å². The molecule has 0 bridgehead atoms. The van der Waals surface area contributed by atoms with Crippen molar-refractivity contribution in [1.29, 1.82) is 0 Å². The van der Waals surface area contributed by atoms with Gasteiger partial charge >= 0.3 is 6.03 Å². The number of amides is 2. The van der Waals surface area contributed by atoms with Gasteiger partial charge in [-0.25, -0.2) is 9.78 Å². The van der Waals surface area contributed by atoms with E-state index in [4.69, 9.17) is 14.5 Å². The van der Waals surface area contributed by atoms with Crippen LogP contribution in [0.25, 0.3) is 11.0 Å². The van der Waals surface area contributed by atoms with E-state index < -0.39 is 18.1 Å². The van der Waals surface area contributed by atoms with Gasteiger partial charge in [-0.1, -0.05) is 54.6 Å². The van der Waals surface area contributed by atoms with Gasteiger partial charge in [-0.2, -0.15) is 0 Å². The molecule has 4 aromatic rings. The molecule has 0 aliphatic rings. The largest absolute Gasteiger partial charge is 0.492 e. The number of carbonyl (C=O) groups is 1. The maximum Gasteiger partial charge on any atom is 0.323 e. The number of nitrogens with one attached hydrogen (secondary N) is 1. The zero-order valence-electron chi connectivity index (χ0n) is 21.5. The van der Waals surface area contributed by atoms with Gasteiger partial charge in [0.25, 0.3) is 5.56 Å². The molecule has 0 radical (unpaired) electrons. The molecule has 8 nitrogen and oxygen atoms in total. The van der Waals surface area contributed by atoms with Crippen LogP contribution in [0.5, 0.6) is 5.75 Å². The van der Waals surface area contributed by atoms with Gasteiger partial charge in [-0.05, 0) is 43.7 Å². The first kappa shape index (κ1) is 25.9. The average Bonchev–Trinajstić information content (AvgIpc) is 2.92. The van der Waals surface area contributed by atoms with Crippen molar-refractivity contribution < 1.29 is 14.3 Å². The first-order valence-electron chi connectivity index (χ1n) is 12.3. The van der Waals surface area contributed by atoms with Crippen molar-refractivity contribution in [3.63, 3.8) is 0 Å². The third-order valence-electron chi connectivity index (χ3n) is 6.33. The van der Waals surface area contributed by atoms with E-state index in [0.717, 1.165) is 11.1 Å². The van der Waals surface area contributed by atoms with Crippen molar-refractivity contribution in [3.8, 4) is 5.75 Å². The van der Waals surface area contributed by atoms with E-state index in [2.05, 4.69) is 5.32 Å². The van der Waals surface area contributed by atoms with Crippen LogP contribution in [0.3, 0.4) is 0 Å². The highest BCUT2D eigenvalue weighted by molar-refractivity contribution is 5.91. The van der Waals surface area contributed by atoms with Gasteiger partial charge in [-0.3, -0.25) is 4.79 Å². The van der Waals surface area contributed by atoms with Gasteiger partial charge < -0.3 is 24.3 Å². The number of rotatable bonds is 9. The molecule has 8 heteroatoms. The summed E-state index contributed by atoms with van der Waals surface area (Å²) < 4.78 is 12.8. The number of fused-ring (bicyclic) bond motifs is 1. The Morgan fingerprint density at radius 3 is 2.43 bits per heavy atom. The Kier molecular flexibility index (Phi) is 8.20. The maximum absolute atomic E-state index is 14.0. The van der Waals surface area contributed by atoms with Crippen LogP contribution < -0.4 is 15.6 Å². The average molecular weight is 501 g/mol. The van der Waals surface area contributed by atoms with Gasteiger partial charge in [0.2, 0.25) is 0 Å². The Hall–Kier alpha value is -4.17. The molecule has 0 saturated carbocycles. The van der Waals surface area contributed by atoms with Crippen LogP contribution in [-0.4, -0.2) is 40.8 Å². The molecule has 192 valence electrons. The molecule has 2 unspecified atom stereocenters. The highest BCUT2D eigenvalue weighted by Gasteiger charge is 2.33. The summed E-state index contributed by atoms with van der Waals surface area (Å²) in [5.41, 5.74) is 2.82. The lowest BCUT2D eigenvalue weighted by Gasteiger charge is -2.36. The molecule has 3 aromatic carbocycles. The summed E-state index contributed by atoms with van der Waals surface area (Å²) in [6.07, 6.45) is 0. The number of carbonyl (C=O) groups excluding carboxylic acids is 1. The molecule has 0 saturated heterocycles. The number of aromatic nitrogens is 2. The molecular formula is C29H32N4O4. The summed E-state index contributed by atoms with van der Waals surface area (Å²) in [4.78, 5) is 33.8. The van der Waals surface area contributed by atoms with Crippen molar-refractivity contribution >= 4 is 22.8 Å². The Bertz CT molecular complexity index is 1420. The first-order chi connectivity index (χ1) is 18.0. The topological polar surface area (TPSA) is 85.7 Å². The molecule has 2 amide bonds. The molecule has 0 aliphatic heterocycles. The quantitative estimate of drug-likeness (QED) is 0.336. The second-order valence-electron chi connectivity index (χ2n) is 8.67. The van der Waals surface area contributed by atoms with Crippen LogP contribution in [0.4, 0.5) is 10.5 Å². The maximum atomic E-state index is 14.0. The molecule has 0 aliphatic carbocycles. The molecule has 1 N–H and O–H groups in total. The van der Waals surface area contributed by atoms with Crippen molar-refractivity contribution in [1.82, 2.24) is 14.5 Å². The number of hydrogen-bond acceptors (Lipinski definition) is 5. The molecule has 2 atom stereocenters. The third kappa shape index (κ3) is 5.49. The number of anilines is 1. The van der Waals surface area contributed by atoms with E-state index in [1.165, 1.54) is 0 Å². The van der Waals surface area contributed by atoms with Gasteiger partial charge in [0.1, 0.15) is 11.4 Å². The SMILES string of the molecule is CCOc1ccccc1NC(=O)N(C(C)c1nc2ccccc2n(C)c1=O)C(COC)c1ccccc1. The first-order valence-corrected chi connectivity index (χ1v) is 12.3. The Balaban J connectivity index is 1.83. The number of urea groups is 1. The Morgan fingerprint density at radius 1 is 1.03 bits per heavy atom. The van der Waals surface area contributed by atoms with Crippen molar-refractivity contribution in [3.05, 3.63) is 100 Å². The fraction of sp³-hybridized carbons (Fsp3) is 0.276. The van der Waals surface area contributed by atoms with Gasteiger partial charge in [-0.15, -0.1) is 0 Å². The molecule has 1 heterocycles. The zero-order valence-corrected chi connectivity index (χ0v) is 21.5. The van der Waals surface area contributed by atoms with Gasteiger partial charge in [0.05, 0.1) is 42.0 Å². The van der Waals surface area contributed by atoms with Crippen LogP contribution in [0, 0.1) is 0 Å². The summed E-state index contributed by atoms with van der Waals surface area (Å²) in [7, 11) is 3.31. The smallest absolute Gasteiger partial charge is 0.323 e. The molecule has 0 fully saturated rings. The number of nitrogens with zero attached hydrogens (tertiary/aromatic N) is 3. The third-order valence-corrected chi connectivity index (χ3v) is 6.33. The molecule has 0 spiro atoms. The van der Waals surface area contributed by atoms with E-state index in [9.17, 15) is 9.59 Å². The zero-order chi connectivity index (χ0) is 26.4. The number of aryl methyl sites for hydroxylation is 1. The predicted molar refractivity (Wildman–Crippen MR) is 145 cm³/mol. The minimum absolute atomic E-state index is 0.225. The lowest BCUT2D eigenvalue weighted by atomic mass is 10.0. The molecule has 4 rings (SSSR count). The molecule has 1 aromatic heterocycles. The Labute approximate surface area is 216 Å². The molecule has 37 heavy (non-hydrogen) atoms. The molecular weight excluding hydrogens is 468 g/mol. The normalized spacial score (nSPS) is 12.6. The van der Waals surface area contributed by atoms with Crippen LogP contribution in [0.2, 0.25) is 0 Å². The second-order valence-corrected chi connectivity index (χ2v) is 8.67. The minimum atomic E-state index is -0.678. The lowest BCUT2D eigenvalue weighted by Crippen LogP contribution is -2.44. The number of hydrogen-bond donors (Lipinski definition) is 1.